The Balaban J connectivity index is 1.68. The van der Waals surface area contributed by atoms with Gasteiger partial charge >= 0.3 is 11.9 Å². The summed E-state index contributed by atoms with van der Waals surface area (Å²) in [4.78, 5) is 47.3. The number of carboxylic acids is 2. The maximum atomic E-state index is 13.8. The van der Waals surface area contributed by atoms with Crippen LogP contribution >= 0.6 is 23.2 Å². The Morgan fingerprint density at radius 3 is 2.22 bits per heavy atom. The Morgan fingerprint density at radius 1 is 0.956 bits per heavy atom. The second kappa shape index (κ2) is 15.6. The minimum atomic E-state index is -1.34. The van der Waals surface area contributed by atoms with Crippen molar-refractivity contribution in [2.45, 2.75) is 25.2 Å². The molecule has 2 aliphatic heterocycles. The standard InChI is InChI=1S/C33H40Cl2N4O6/c1-36(2)12-6-13-37-15-17-38(18-16-37)28(40)20-27-31(33(43)44)29(30-25(34)9-5-10-26(30)35)24(32(41)42)21-39(27)14-11-22-7-4-8-23(19-22)45-3/h4-5,7-10,19,21,29H,6,11-18,20H2,1-3H3,(H,41,42)(H,43,44). The predicted molar refractivity (Wildman–Crippen MR) is 174 cm³/mol. The van der Waals surface area contributed by atoms with Gasteiger partial charge in [0.25, 0.3) is 0 Å². The van der Waals surface area contributed by atoms with Gasteiger partial charge in [0.15, 0.2) is 0 Å². The first-order valence-corrected chi connectivity index (χ1v) is 15.7. The van der Waals surface area contributed by atoms with E-state index in [4.69, 9.17) is 27.9 Å². The molecule has 0 spiro atoms. The molecule has 1 atom stereocenters. The lowest BCUT2D eigenvalue weighted by Crippen LogP contribution is -2.49. The number of aliphatic carboxylic acids is 2. The van der Waals surface area contributed by atoms with Crippen molar-refractivity contribution < 1.29 is 29.3 Å². The topological polar surface area (TPSA) is 114 Å². The molecule has 0 bridgehead atoms. The van der Waals surface area contributed by atoms with Crippen LogP contribution in [0.2, 0.25) is 10.0 Å². The molecule has 12 heteroatoms. The average Bonchev–Trinajstić information content (AvgIpc) is 3.00. The first-order chi connectivity index (χ1) is 21.5. The SMILES string of the molecule is COc1cccc(CCN2C=C(C(=O)O)C(c3c(Cl)cccc3Cl)C(C(=O)O)=C2CC(=O)N2CCN(CCCN(C)C)CC2)c1. The number of amides is 1. The fourth-order valence-electron chi connectivity index (χ4n) is 5.87. The molecule has 0 saturated carbocycles. The zero-order valence-electron chi connectivity index (χ0n) is 25.8. The molecule has 2 heterocycles. The molecule has 1 fully saturated rings. The number of hydrogen-bond acceptors (Lipinski definition) is 7. The highest BCUT2D eigenvalue weighted by Crippen LogP contribution is 2.45. The maximum Gasteiger partial charge on any atom is 0.334 e. The summed E-state index contributed by atoms with van der Waals surface area (Å²) in [5.74, 6) is -3.50. The summed E-state index contributed by atoms with van der Waals surface area (Å²) in [7, 11) is 5.66. The van der Waals surface area contributed by atoms with E-state index in [1.165, 1.54) is 6.20 Å². The first kappa shape index (κ1) is 34.3. The number of rotatable bonds is 13. The van der Waals surface area contributed by atoms with Crippen molar-refractivity contribution in [2.75, 3.05) is 67.0 Å². The number of piperazine rings is 1. The van der Waals surface area contributed by atoms with E-state index in [1.54, 1.807) is 35.1 Å². The van der Waals surface area contributed by atoms with Crippen LogP contribution in [-0.4, -0.2) is 115 Å². The predicted octanol–water partition coefficient (Wildman–Crippen LogP) is 4.44. The Morgan fingerprint density at radius 2 is 1.62 bits per heavy atom. The van der Waals surface area contributed by atoms with Crippen molar-refractivity contribution >= 4 is 41.0 Å². The molecule has 1 unspecified atom stereocenters. The average molecular weight is 660 g/mol. The number of hydrogen-bond donors (Lipinski definition) is 2. The zero-order valence-corrected chi connectivity index (χ0v) is 27.4. The van der Waals surface area contributed by atoms with Crippen molar-refractivity contribution in [1.82, 2.24) is 19.6 Å². The summed E-state index contributed by atoms with van der Waals surface area (Å²) in [6.45, 7) is 4.66. The van der Waals surface area contributed by atoms with Crippen LogP contribution in [0.25, 0.3) is 0 Å². The fraction of sp³-hybridized carbons (Fsp3) is 0.424. The van der Waals surface area contributed by atoms with E-state index in [9.17, 15) is 24.6 Å². The van der Waals surface area contributed by atoms with Crippen molar-refractivity contribution in [1.29, 1.82) is 0 Å². The van der Waals surface area contributed by atoms with Crippen LogP contribution in [0, 0.1) is 0 Å². The van der Waals surface area contributed by atoms with Gasteiger partial charge in [-0.3, -0.25) is 9.69 Å². The van der Waals surface area contributed by atoms with Crippen LogP contribution in [0.15, 0.2) is 65.5 Å². The number of carboxylic acid groups (broad SMARTS) is 2. The van der Waals surface area contributed by atoms with Crippen LogP contribution < -0.4 is 4.74 Å². The quantitative estimate of drug-likeness (QED) is 0.322. The van der Waals surface area contributed by atoms with E-state index in [1.807, 2.05) is 38.4 Å². The monoisotopic (exact) mass is 658 g/mol. The van der Waals surface area contributed by atoms with Gasteiger partial charge in [-0.05, 0) is 69.9 Å². The van der Waals surface area contributed by atoms with Gasteiger partial charge in [0.2, 0.25) is 5.91 Å². The molecule has 45 heavy (non-hydrogen) atoms. The van der Waals surface area contributed by atoms with Crippen molar-refractivity contribution in [3.63, 3.8) is 0 Å². The lowest BCUT2D eigenvalue weighted by atomic mass is 9.80. The van der Waals surface area contributed by atoms with Gasteiger partial charge in [0.1, 0.15) is 5.75 Å². The third-order valence-electron chi connectivity index (χ3n) is 8.22. The number of ether oxygens (including phenoxy) is 1. The van der Waals surface area contributed by atoms with E-state index >= 15 is 0 Å². The Bertz CT molecular complexity index is 1450. The van der Waals surface area contributed by atoms with Gasteiger partial charge in [-0.15, -0.1) is 0 Å². The summed E-state index contributed by atoms with van der Waals surface area (Å²) in [6, 6.07) is 12.1. The van der Waals surface area contributed by atoms with Crippen molar-refractivity contribution in [3.8, 4) is 5.75 Å². The lowest BCUT2D eigenvalue weighted by Gasteiger charge is -2.38. The van der Waals surface area contributed by atoms with E-state index in [0.29, 0.717) is 25.3 Å². The van der Waals surface area contributed by atoms with Gasteiger partial charge in [0.05, 0.1) is 30.6 Å². The van der Waals surface area contributed by atoms with E-state index in [-0.39, 0.29) is 51.3 Å². The normalized spacial score (nSPS) is 17.5. The number of benzene rings is 2. The third kappa shape index (κ3) is 8.58. The molecule has 2 aliphatic rings. The first-order valence-electron chi connectivity index (χ1n) is 14.9. The molecule has 1 saturated heterocycles. The summed E-state index contributed by atoms with van der Waals surface area (Å²) in [5, 5.41) is 21.2. The van der Waals surface area contributed by atoms with Crippen molar-refractivity contribution in [3.05, 3.63) is 86.7 Å². The second-order valence-corrected chi connectivity index (χ2v) is 12.3. The van der Waals surface area contributed by atoms with E-state index in [2.05, 4.69) is 9.80 Å². The third-order valence-corrected chi connectivity index (χ3v) is 8.88. The molecule has 0 aliphatic carbocycles. The fourth-order valence-corrected chi connectivity index (χ4v) is 6.49. The molecule has 1 amide bonds. The molecule has 2 N–H and O–H groups in total. The number of carbonyl (C=O) groups is 3. The Kier molecular flexibility index (Phi) is 11.9. The molecular weight excluding hydrogens is 619 g/mol. The zero-order chi connectivity index (χ0) is 32.7. The maximum absolute atomic E-state index is 13.8. The highest BCUT2D eigenvalue weighted by molar-refractivity contribution is 6.36. The molecule has 242 valence electrons. The number of methoxy groups -OCH3 is 1. The highest BCUT2D eigenvalue weighted by atomic mass is 35.5. The minimum absolute atomic E-state index is 0.138. The number of carbonyl (C=O) groups excluding carboxylic acids is 1. The van der Waals surface area contributed by atoms with Crippen molar-refractivity contribution in [2.24, 2.45) is 0 Å². The Hall–Kier alpha value is -3.57. The van der Waals surface area contributed by atoms with Gasteiger partial charge in [-0.1, -0.05) is 41.4 Å². The number of halogens is 2. The van der Waals surface area contributed by atoms with E-state index in [0.717, 1.165) is 38.2 Å². The summed E-state index contributed by atoms with van der Waals surface area (Å²) >= 11 is 13.0. The highest BCUT2D eigenvalue weighted by Gasteiger charge is 2.40. The smallest absolute Gasteiger partial charge is 0.334 e. The summed E-state index contributed by atoms with van der Waals surface area (Å²) in [5.41, 5.74) is 0.871. The molecule has 2 aromatic carbocycles. The van der Waals surface area contributed by atoms with Crippen LogP contribution in [0.4, 0.5) is 0 Å². The van der Waals surface area contributed by atoms with E-state index < -0.39 is 17.9 Å². The lowest BCUT2D eigenvalue weighted by molar-refractivity contribution is -0.133. The molecule has 10 nitrogen and oxygen atoms in total. The minimum Gasteiger partial charge on any atom is -0.497 e. The number of nitrogens with zero attached hydrogens (tertiary/aromatic N) is 4. The van der Waals surface area contributed by atoms with Gasteiger partial charge < -0.3 is 29.6 Å². The van der Waals surface area contributed by atoms with Gasteiger partial charge in [-0.25, -0.2) is 9.59 Å². The summed E-state index contributed by atoms with van der Waals surface area (Å²) in [6.07, 6.45) is 2.67. The second-order valence-electron chi connectivity index (χ2n) is 11.5. The molecule has 4 rings (SSSR count). The van der Waals surface area contributed by atoms with Gasteiger partial charge in [-0.2, -0.15) is 0 Å². The van der Waals surface area contributed by atoms with Crippen LogP contribution in [0.1, 0.15) is 29.9 Å². The van der Waals surface area contributed by atoms with Crippen LogP contribution in [0.5, 0.6) is 5.75 Å². The molecular formula is C33H40Cl2N4O6. The Labute approximate surface area is 274 Å². The molecule has 2 aromatic rings. The van der Waals surface area contributed by atoms with Crippen LogP contribution in [-0.2, 0) is 20.8 Å². The van der Waals surface area contributed by atoms with Crippen LogP contribution in [0.3, 0.4) is 0 Å². The van der Waals surface area contributed by atoms with Gasteiger partial charge in [0, 0.05) is 60.2 Å². The largest absolute Gasteiger partial charge is 0.497 e. The molecule has 0 aromatic heterocycles. The molecule has 0 radical (unpaired) electrons. The summed E-state index contributed by atoms with van der Waals surface area (Å²) < 4.78 is 5.34.